The van der Waals surface area contributed by atoms with Gasteiger partial charge in [-0.2, -0.15) is 0 Å². The van der Waals surface area contributed by atoms with Gasteiger partial charge in [0.25, 0.3) is 0 Å². The van der Waals surface area contributed by atoms with Gasteiger partial charge in [-0.3, -0.25) is 0 Å². The van der Waals surface area contributed by atoms with Crippen LogP contribution in [0.1, 0.15) is 89.9 Å². The second kappa shape index (κ2) is 20.5. The summed E-state index contributed by atoms with van der Waals surface area (Å²) in [6.07, 6.45) is 17.8. The summed E-state index contributed by atoms with van der Waals surface area (Å²) in [5, 5.41) is 6.04. The molecule has 34 heavy (non-hydrogen) atoms. The van der Waals surface area contributed by atoms with Gasteiger partial charge in [0.2, 0.25) is 18.2 Å². The highest BCUT2D eigenvalue weighted by molar-refractivity contribution is 5.97. The summed E-state index contributed by atoms with van der Waals surface area (Å²) in [7, 11) is 0. The monoisotopic (exact) mass is 474 g/mol. The molecular formula is C24H38N6O4. The number of amidine groups is 1. The molecule has 0 bridgehead atoms. The largest absolute Gasteiger partial charge is 0.382 e. The molecule has 2 N–H and O–H groups in total. The van der Waals surface area contributed by atoms with Crippen LogP contribution in [-0.2, 0) is 19.2 Å². The highest BCUT2D eigenvalue weighted by atomic mass is 16.7. The van der Waals surface area contributed by atoms with Gasteiger partial charge in [0.15, 0.2) is 5.84 Å². The molecule has 0 atom stereocenters. The molecule has 188 valence electrons. The van der Waals surface area contributed by atoms with E-state index < -0.39 is 0 Å². The van der Waals surface area contributed by atoms with E-state index in [0.717, 1.165) is 101 Å². The van der Waals surface area contributed by atoms with Crippen LogP contribution in [0.3, 0.4) is 0 Å². The molecule has 0 unspecified atom stereocenters. The van der Waals surface area contributed by atoms with E-state index in [4.69, 9.17) is 10.6 Å². The Kier molecular flexibility index (Phi) is 17.5. The highest BCUT2D eigenvalue weighted by Gasteiger charge is 2.21. The van der Waals surface area contributed by atoms with E-state index in [1.165, 1.54) is 0 Å². The number of hydrogen-bond acceptors (Lipinski definition) is 10. The van der Waals surface area contributed by atoms with Crippen LogP contribution >= 0.6 is 0 Å². The molecule has 1 heterocycles. The molecule has 0 amide bonds. The average Bonchev–Trinajstić information content (AvgIpc) is 2.83. The summed E-state index contributed by atoms with van der Waals surface area (Å²) >= 11 is 0. The Morgan fingerprint density at radius 1 is 0.676 bits per heavy atom. The van der Waals surface area contributed by atoms with Gasteiger partial charge in [-0.1, -0.05) is 38.5 Å². The zero-order valence-corrected chi connectivity index (χ0v) is 20.2. The molecule has 0 saturated carbocycles. The zero-order chi connectivity index (χ0) is 24.7. The van der Waals surface area contributed by atoms with Gasteiger partial charge in [-0.25, -0.2) is 29.4 Å². The maximum Gasteiger partial charge on any atom is 0.234 e. The normalized spacial score (nSPS) is 12.8. The van der Waals surface area contributed by atoms with Crippen molar-refractivity contribution in [2.45, 2.75) is 89.9 Å². The standard InChI is InChI=1S/C24H38N6O4/c25-24-22(13-7-1-3-9-15-26-19-31)23(14-8-2-4-10-16-27-20-32)34-30(29-24)18-12-6-5-11-17-28-21-33/h1-18H2,(H2,25,29). The lowest BCUT2D eigenvalue weighted by molar-refractivity contribution is -0.128. The summed E-state index contributed by atoms with van der Waals surface area (Å²) in [4.78, 5) is 47.2. The third kappa shape index (κ3) is 14.2. The summed E-state index contributed by atoms with van der Waals surface area (Å²) in [6, 6.07) is 0. The summed E-state index contributed by atoms with van der Waals surface area (Å²) in [6.45, 7) is 2.23. The van der Waals surface area contributed by atoms with Gasteiger partial charge in [-0.05, 0) is 44.9 Å². The van der Waals surface area contributed by atoms with E-state index in [2.05, 4.69) is 20.1 Å². The number of aliphatic imine (C=N–C) groups is 3. The molecule has 0 aromatic carbocycles. The number of isocyanates is 3. The van der Waals surface area contributed by atoms with Crippen LogP contribution in [0.2, 0.25) is 0 Å². The van der Waals surface area contributed by atoms with Crippen LogP contribution in [0.25, 0.3) is 0 Å². The van der Waals surface area contributed by atoms with Gasteiger partial charge in [-0.15, -0.1) is 10.3 Å². The number of unbranched alkanes of at least 4 members (excludes halogenated alkanes) is 9. The Morgan fingerprint density at radius 2 is 1.15 bits per heavy atom. The minimum absolute atomic E-state index is 0.521. The quantitative estimate of drug-likeness (QED) is 0.150. The minimum atomic E-state index is 0.521. The molecular weight excluding hydrogens is 436 g/mol. The van der Waals surface area contributed by atoms with Crippen LogP contribution in [0.4, 0.5) is 0 Å². The molecule has 10 heteroatoms. The topological polar surface area (TPSA) is 139 Å². The fourth-order valence-corrected chi connectivity index (χ4v) is 3.69. The first kappa shape index (κ1) is 29.0. The first-order valence-electron chi connectivity index (χ1n) is 12.4. The number of nitrogens with zero attached hydrogens (tertiary/aromatic N) is 5. The molecule has 0 fully saturated rings. The second-order valence-electron chi connectivity index (χ2n) is 8.22. The molecule has 1 rings (SSSR count). The number of hydroxylamine groups is 1. The first-order chi connectivity index (χ1) is 16.7. The van der Waals surface area contributed by atoms with Crippen LogP contribution in [0.5, 0.6) is 0 Å². The fraction of sp³-hybridized carbons (Fsp3) is 0.750. The molecule has 0 aliphatic carbocycles. The van der Waals surface area contributed by atoms with Crippen molar-refractivity contribution < 1.29 is 19.2 Å². The van der Waals surface area contributed by atoms with E-state index in [-0.39, 0.29) is 0 Å². The Morgan fingerprint density at radius 3 is 1.68 bits per heavy atom. The average molecular weight is 475 g/mol. The predicted molar refractivity (Wildman–Crippen MR) is 130 cm³/mol. The van der Waals surface area contributed by atoms with Crippen molar-refractivity contribution in [1.29, 1.82) is 0 Å². The Hall–Kier alpha value is -3.05. The van der Waals surface area contributed by atoms with Crippen molar-refractivity contribution in [2.75, 3.05) is 26.2 Å². The number of hydrogen-bond donors (Lipinski definition) is 1. The first-order valence-corrected chi connectivity index (χ1v) is 12.4. The van der Waals surface area contributed by atoms with Crippen molar-refractivity contribution in [3.05, 3.63) is 11.3 Å². The minimum Gasteiger partial charge on any atom is -0.382 e. The van der Waals surface area contributed by atoms with Crippen molar-refractivity contribution in [1.82, 2.24) is 5.17 Å². The molecule has 0 aromatic heterocycles. The number of hydrazone groups is 1. The van der Waals surface area contributed by atoms with E-state index in [9.17, 15) is 14.4 Å². The van der Waals surface area contributed by atoms with E-state index in [1.807, 2.05) is 0 Å². The maximum absolute atomic E-state index is 10.1. The molecule has 0 spiro atoms. The van der Waals surface area contributed by atoms with Crippen molar-refractivity contribution in [3.8, 4) is 0 Å². The van der Waals surface area contributed by atoms with Gasteiger partial charge in [0.1, 0.15) is 5.76 Å². The highest BCUT2D eigenvalue weighted by Crippen LogP contribution is 2.26. The van der Waals surface area contributed by atoms with Crippen LogP contribution in [0, 0.1) is 0 Å². The molecule has 1 aliphatic heterocycles. The van der Waals surface area contributed by atoms with Gasteiger partial charge in [0, 0.05) is 12.0 Å². The molecule has 0 saturated heterocycles. The molecule has 1 aliphatic rings. The van der Waals surface area contributed by atoms with Crippen LogP contribution in [0.15, 0.2) is 31.4 Å². The number of nitrogens with two attached hydrogens (primary N) is 1. The molecule has 0 radical (unpaired) electrons. The lowest BCUT2D eigenvalue weighted by atomic mass is 10.0. The Labute approximate surface area is 202 Å². The number of rotatable bonds is 21. The Balaban J connectivity index is 2.53. The van der Waals surface area contributed by atoms with E-state index in [1.54, 1.807) is 23.4 Å². The van der Waals surface area contributed by atoms with Gasteiger partial charge < -0.3 is 10.6 Å². The smallest absolute Gasteiger partial charge is 0.234 e. The second-order valence-corrected chi connectivity index (χ2v) is 8.22. The van der Waals surface area contributed by atoms with Crippen molar-refractivity contribution >= 4 is 24.1 Å². The Bertz CT molecular complexity index is 778. The third-order valence-electron chi connectivity index (χ3n) is 5.51. The number of carbonyl (C=O) groups excluding carboxylic acids is 3. The zero-order valence-electron chi connectivity index (χ0n) is 20.2. The lowest BCUT2D eigenvalue weighted by Crippen LogP contribution is -2.32. The molecule has 10 nitrogen and oxygen atoms in total. The number of allylic oxidation sites excluding steroid dienone is 1. The van der Waals surface area contributed by atoms with Crippen LogP contribution < -0.4 is 5.73 Å². The van der Waals surface area contributed by atoms with E-state index in [0.29, 0.717) is 32.0 Å². The molecule has 0 aromatic rings. The lowest BCUT2D eigenvalue weighted by Gasteiger charge is -2.28. The van der Waals surface area contributed by atoms with Crippen molar-refractivity contribution in [3.63, 3.8) is 0 Å². The summed E-state index contributed by atoms with van der Waals surface area (Å²) in [5.41, 5.74) is 7.31. The summed E-state index contributed by atoms with van der Waals surface area (Å²) in [5.74, 6) is 1.41. The van der Waals surface area contributed by atoms with Crippen molar-refractivity contribution in [2.24, 2.45) is 25.8 Å². The SMILES string of the molecule is NC1=NN(CCCCCCN=C=O)OC(CCCCCCN=C=O)=C1CCCCCCN=C=O. The van der Waals surface area contributed by atoms with Gasteiger partial charge >= 0.3 is 0 Å². The summed E-state index contributed by atoms with van der Waals surface area (Å²) < 4.78 is 0. The third-order valence-corrected chi connectivity index (χ3v) is 5.51. The fourth-order valence-electron chi connectivity index (χ4n) is 3.69. The van der Waals surface area contributed by atoms with Gasteiger partial charge in [0.05, 0.1) is 26.2 Å². The van der Waals surface area contributed by atoms with Crippen LogP contribution in [-0.4, -0.2) is 55.4 Å². The van der Waals surface area contributed by atoms with E-state index >= 15 is 0 Å². The predicted octanol–water partition coefficient (Wildman–Crippen LogP) is 4.23. The maximum atomic E-state index is 10.1.